The minimum Gasteiger partial charge on any atom is -0.492 e. The van der Waals surface area contributed by atoms with E-state index in [1.54, 1.807) is 26.3 Å². The number of guanidine groups is 1. The summed E-state index contributed by atoms with van der Waals surface area (Å²) in [6.45, 7) is 2.29. The van der Waals surface area contributed by atoms with E-state index in [9.17, 15) is 4.39 Å². The Labute approximate surface area is 136 Å². The van der Waals surface area contributed by atoms with E-state index in [1.165, 1.54) is 12.1 Å². The monoisotopic (exact) mass is 397 g/mol. The van der Waals surface area contributed by atoms with Gasteiger partial charge < -0.3 is 20.1 Å². The highest BCUT2D eigenvalue weighted by Crippen LogP contribution is 2.11. The van der Waals surface area contributed by atoms with Crippen molar-refractivity contribution in [2.45, 2.75) is 0 Å². The van der Waals surface area contributed by atoms with E-state index >= 15 is 0 Å². The predicted octanol–water partition coefficient (Wildman–Crippen LogP) is 1.63. The third-order valence-electron chi connectivity index (χ3n) is 2.28. The normalized spacial score (nSPS) is 10.7. The number of ether oxygens (including phenoxy) is 2. The molecule has 0 aliphatic rings. The fourth-order valence-corrected chi connectivity index (χ4v) is 1.39. The Balaban J connectivity index is 0.00000361. The molecule has 0 aliphatic carbocycles. The maximum Gasteiger partial charge on any atom is 0.191 e. The first-order chi connectivity index (χ1) is 9.26. The molecule has 5 nitrogen and oxygen atoms in total. The summed E-state index contributed by atoms with van der Waals surface area (Å²) in [5.74, 6) is 0.895. The Morgan fingerprint density at radius 3 is 2.55 bits per heavy atom. The molecule has 114 valence electrons. The van der Waals surface area contributed by atoms with Crippen LogP contribution in [0.5, 0.6) is 5.75 Å². The second-order valence-electron chi connectivity index (χ2n) is 3.72. The number of halogens is 2. The minimum absolute atomic E-state index is 0. The van der Waals surface area contributed by atoms with Crippen molar-refractivity contribution in [3.05, 3.63) is 30.1 Å². The van der Waals surface area contributed by atoms with E-state index in [-0.39, 0.29) is 29.8 Å². The van der Waals surface area contributed by atoms with Crippen molar-refractivity contribution in [1.29, 1.82) is 0 Å². The molecule has 0 saturated heterocycles. The van der Waals surface area contributed by atoms with Gasteiger partial charge in [-0.05, 0) is 12.1 Å². The lowest BCUT2D eigenvalue weighted by Crippen LogP contribution is -2.40. The Morgan fingerprint density at radius 1 is 1.25 bits per heavy atom. The molecule has 0 spiro atoms. The molecule has 0 fully saturated rings. The Kier molecular flexibility index (Phi) is 11.1. The first-order valence-corrected chi connectivity index (χ1v) is 6.08. The summed E-state index contributed by atoms with van der Waals surface area (Å²) in [4.78, 5) is 4.04. The second-order valence-corrected chi connectivity index (χ2v) is 3.72. The SMILES string of the molecule is CN=C(NCCOC)NCCOc1cccc(F)c1.I. The number of aliphatic imine (C=N–C) groups is 1. The molecule has 1 aromatic carbocycles. The molecular formula is C13H21FIN3O2. The third-order valence-corrected chi connectivity index (χ3v) is 2.28. The molecule has 0 bridgehead atoms. The smallest absolute Gasteiger partial charge is 0.191 e. The summed E-state index contributed by atoms with van der Waals surface area (Å²) in [5, 5.41) is 6.15. The summed E-state index contributed by atoms with van der Waals surface area (Å²) in [7, 11) is 3.33. The minimum atomic E-state index is -0.303. The lowest BCUT2D eigenvalue weighted by atomic mass is 10.3. The first-order valence-electron chi connectivity index (χ1n) is 6.08. The quantitative estimate of drug-likeness (QED) is 0.318. The number of rotatable bonds is 7. The van der Waals surface area contributed by atoms with E-state index < -0.39 is 0 Å². The zero-order valence-corrected chi connectivity index (χ0v) is 14.0. The zero-order chi connectivity index (χ0) is 13.9. The molecule has 0 atom stereocenters. The van der Waals surface area contributed by atoms with E-state index in [1.807, 2.05) is 0 Å². The number of nitrogens with one attached hydrogen (secondary N) is 2. The standard InChI is InChI=1S/C13H20FN3O2.HI/c1-15-13(16-6-8-18-2)17-7-9-19-12-5-3-4-11(14)10-12;/h3-5,10H,6-9H2,1-2H3,(H2,15,16,17);1H. The Morgan fingerprint density at radius 2 is 1.95 bits per heavy atom. The first kappa shape index (κ1) is 18.9. The zero-order valence-electron chi connectivity index (χ0n) is 11.7. The van der Waals surface area contributed by atoms with Gasteiger partial charge in [0.1, 0.15) is 18.2 Å². The van der Waals surface area contributed by atoms with Gasteiger partial charge in [0.15, 0.2) is 5.96 Å². The molecule has 2 N–H and O–H groups in total. The summed E-state index contributed by atoms with van der Waals surface area (Å²) < 4.78 is 23.2. The van der Waals surface area contributed by atoms with Gasteiger partial charge in [0.05, 0.1) is 13.2 Å². The number of benzene rings is 1. The van der Waals surface area contributed by atoms with Crippen molar-refractivity contribution in [2.24, 2.45) is 4.99 Å². The summed E-state index contributed by atoms with van der Waals surface area (Å²) in [6.07, 6.45) is 0. The third kappa shape index (κ3) is 8.16. The number of hydrogen-bond donors (Lipinski definition) is 2. The molecule has 7 heteroatoms. The number of methoxy groups -OCH3 is 1. The molecule has 20 heavy (non-hydrogen) atoms. The van der Waals surface area contributed by atoms with Gasteiger partial charge in [0.25, 0.3) is 0 Å². The molecule has 0 aromatic heterocycles. The fraction of sp³-hybridized carbons (Fsp3) is 0.462. The van der Waals surface area contributed by atoms with E-state index in [0.29, 0.717) is 38.0 Å². The highest BCUT2D eigenvalue weighted by molar-refractivity contribution is 14.0. The summed E-state index contributed by atoms with van der Waals surface area (Å²) >= 11 is 0. The van der Waals surface area contributed by atoms with Crippen molar-refractivity contribution in [1.82, 2.24) is 10.6 Å². The molecule has 1 rings (SSSR count). The van der Waals surface area contributed by atoms with Crippen molar-refractivity contribution >= 4 is 29.9 Å². The second kappa shape index (κ2) is 11.7. The molecule has 0 aliphatic heterocycles. The van der Waals surface area contributed by atoms with Crippen molar-refractivity contribution in [2.75, 3.05) is 40.5 Å². The van der Waals surface area contributed by atoms with Gasteiger partial charge in [-0.25, -0.2) is 4.39 Å². The van der Waals surface area contributed by atoms with Crippen LogP contribution in [0.4, 0.5) is 4.39 Å². The van der Waals surface area contributed by atoms with Gasteiger partial charge in [0.2, 0.25) is 0 Å². The van der Waals surface area contributed by atoms with Gasteiger partial charge in [-0.2, -0.15) is 0 Å². The predicted molar refractivity (Wildman–Crippen MR) is 88.6 cm³/mol. The van der Waals surface area contributed by atoms with Crippen LogP contribution >= 0.6 is 24.0 Å². The van der Waals surface area contributed by atoms with Gasteiger partial charge >= 0.3 is 0 Å². The van der Waals surface area contributed by atoms with Crippen LogP contribution < -0.4 is 15.4 Å². The fourth-order valence-electron chi connectivity index (χ4n) is 1.39. The maximum absolute atomic E-state index is 12.9. The number of nitrogens with zero attached hydrogens (tertiary/aromatic N) is 1. The average Bonchev–Trinajstić information content (AvgIpc) is 2.41. The van der Waals surface area contributed by atoms with Crippen LogP contribution in [0.3, 0.4) is 0 Å². The summed E-state index contributed by atoms with van der Waals surface area (Å²) in [5.41, 5.74) is 0. The Hall–Kier alpha value is -1.09. The van der Waals surface area contributed by atoms with Crippen molar-refractivity contribution in [3.63, 3.8) is 0 Å². The van der Waals surface area contributed by atoms with Crippen LogP contribution in [-0.2, 0) is 4.74 Å². The van der Waals surface area contributed by atoms with E-state index in [0.717, 1.165) is 0 Å². The van der Waals surface area contributed by atoms with Crippen molar-refractivity contribution in [3.8, 4) is 5.75 Å². The van der Waals surface area contributed by atoms with E-state index in [4.69, 9.17) is 9.47 Å². The van der Waals surface area contributed by atoms with Crippen LogP contribution in [0.2, 0.25) is 0 Å². The topological polar surface area (TPSA) is 54.9 Å². The van der Waals surface area contributed by atoms with Gasteiger partial charge in [-0.15, -0.1) is 24.0 Å². The van der Waals surface area contributed by atoms with Crippen LogP contribution in [0.1, 0.15) is 0 Å². The Bertz CT molecular complexity index is 405. The van der Waals surface area contributed by atoms with Crippen molar-refractivity contribution < 1.29 is 13.9 Å². The largest absolute Gasteiger partial charge is 0.492 e. The molecule has 0 heterocycles. The van der Waals surface area contributed by atoms with Crippen LogP contribution in [0.15, 0.2) is 29.3 Å². The number of hydrogen-bond acceptors (Lipinski definition) is 3. The highest BCUT2D eigenvalue weighted by atomic mass is 127. The lowest BCUT2D eigenvalue weighted by Gasteiger charge is -2.12. The van der Waals surface area contributed by atoms with Gasteiger partial charge in [-0.3, -0.25) is 4.99 Å². The molecule has 1 aromatic rings. The van der Waals surface area contributed by atoms with Gasteiger partial charge in [-0.1, -0.05) is 6.07 Å². The lowest BCUT2D eigenvalue weighted by molar-refractivity contribution is 0.203. The van der Waals surface area contributed by atoms with Gasteiger partial charge in [0, 0.05) is 26.8 Å². The molecule has 0 radical (unpaired) electrons. The maximum atomic E-state index is 12.9. The highest BCUT2D eigenvalue weighted by Gasteiger charge is 1.98. The molecule has 0 saturated carbocycles. The molecule has 0 unspecified atom stereocenters. The van der Waals surface area contributed by atoms with Crippen LogP contribution in [0.25, 0.3) is 0 Å². The average molecular weight is 397 g/mol. The van der Waals surface area contributed by atoms with Crippen LogP contribution in [0, 0.1) is 5.82 Å². The van der Waals surface area contributed by atoms with Crippen LogP contribution in [-0.4, -0.2) is 46.4 Å². The molecular weight excluding hydrogens is 376 g/mol. The summed E-state index contributed by atoms with van der Waals surface area (Å²) in [6, 6.07) is 6.07. The molecule has 0 amide bonds. The van der Waals surface area contributed by atoms with E-state index in [2.05, 4.69) is 15.6 Å².